The lowest BCUT2D eigenvalue weighted by atomic mass is 9.95. The molecule has 1 aromatic heterocycles. The molecule has 26 heavy (non-hydrogen) atoms. The quantitative estimate of drug-likeness (QED) is 0.722. The van der Waals surface area contributed by atoms with Crippen molar-refractivity contribution in [2.24, 2.45) is 5.92 Å². The van der Waals surface area contributed by atoms with Gasteiger partial charge in [0.1, 0.15) is 5.76 Å². The van der Waals surface area contributed by atoms with Gasteiger partial charge in [-0.3, -0.25) is 0 Å². The van der Waals surface area contributed by atoms with Crippen LogP contribution in [0.4, 0.5) is 0 Å². The summed E-state index contributed by atoms with van der Waals surface area (Å²) < 4.78 is 0. The largest absolute Gasteiger partial charge is 0.511 e. The highest BCUT2D eigenvalue weighted by Gasteiger charge is 2.20. The Morgan fingerprint density at radius 2 is 1.27 bits per heavy atom. The zero-order valence-corrected chi connectivity index (χ0v) is 14.5. The summed E-state index contributed by atoms with van der Waals surface area (Å²) in [4.78, 5) is 14.0. The van der Waals surface area contributed by atoms with Crippen LogP contribution in [-0.4, -0.2) is 20.1 Å². The van der Waals surface area contributed by atoms with Crippen LogP contribution in [0.25, 0.3) is 28.3 Å². The lowest BCUT2D eigenvalue weighted by molar-refractivity contribution is 0.342. The lowest BCUT2D eigenvalue weighted by Crippen LogP contribution is -2.09. The van der Waals surface area contributed by atoms with Gasteiger partial charge in [-0.1, -0.05) is 79.7 Å². The minimum absolute atomic E-state index is 0.0621. The van der Waals surface area contributed by atoms with Gasteiger partial charge in [0.2, 0.25) is 0 Å². The van der Waals surface area contributed by atoms with Crippen LogP contribution in [0.5, 0.6) is 0 Å². The van der Waals surface area contributed by atoms with E-state index in [9.17, 15) is 5.11 Å². The number of rotatable bonds is 3. The van der Waals surface area contributed by atoms with Crippen LogP contribution in [0.15, 0.2) is 78.6 Å². The van der Waals surface area contributed by atoms with Crippen molar-refractivity contribution in [3.8, 4) is 22.8 Å². The van der Waals surface area contributed by atoms with Gasteiger partial charge in [0.05, 0.1) is 5.57 Å². The van der Waals surface area contributed by atoms with Gasteiger partial charge in [-0.2, -0.15) is 0 Å². The maximum Gasteiger partial charge on any atom is 0.167 e. The molecular formula is C22H19N3O. The molecule has 2 aromatic carbocycles. The molecule has 4 nitrogen and oxygen atoms in total. The van der Waals surface area contributed by atoms with Crippen LogP contribution in [0, 0.1) is 5.92 Å². The van der Waals surface area contributed by atoms with Crippen LogP contribution < -0.4 is 0 Å². The Morgan fingerprint density at radius 3 is 1.81 bits per heavy atom. The van der Waals surface area contributed by atoms with Crippen molar-refractivity contribution in [2.45, 2.75) is 13.3 Å². The molecule has 0 saturated heterocycles. The SMILES string of the molecule is CC1CC=CC(c2nc(-c3ccccc3)nc(-c3ccccc3)n2)=C1O. The van der Waals surface area contributed by atoms with Crippen molar-refractivity contribution in [3.05, 3.63) is 84.4 Å². The molecule has 0 spiro atoms. The maximum absolute atomic E-state index is 10.5. The highest BCUT2D eigenvalue weighted by atomic mass is 16.3. The molecule has 1 unspecified atom stereocenters. The predicted molar refractivity (Wildman–Crippen MR) is 103 cm³/mol. The Morgan fingerprint density at radius 1 is 0.769 bits per heavy atom. The van der Waals surface area contributed by atoms with Crippen LogP contribution in [0.3, 0.4) is 0 Å². The molecule has 0 fully saturated rings. The van der Waals surface area contributed by atoms with Crippen LogP contribution in [0.2, 0.25) is 0 Å². The van der Waals surface area contributed by atoms with Gasteiger partial charge in [-0.15, -0.1) is 0 Å². The molecule has 0 saturated carbocycles. The molecule has 0 bridgehead atoms. The fourth-order valence-corrected chi connectivity index (χ4v) is 2.97. The normalized spacial score (nSPS) is 16.7. The second-order valence-electron chi connectivity index (χ2n) is 6.38. The number of hydrogen-bond donors (Lipinski definition) is 1. The third-order valence-electron chi connectivity index (χ3n) is 4.46. The molecule has 0 aliphatic heterocycles. The summed E-state index contributed by atoms with van der Waals surface area (Å²) in [6.45, 7) is 2.00. The third-order valence-corrected chi connectivity index (χ3v) is 4.46. The van der Waals surface area contributed by atoms with E-state index < -0.39 is 0 Å². The maximum atomic E-state index is 10.5. The zero-order valence-electron chi connectivity index (χ0n) is 14.5. The van der Waals surface area contributed by atoms with Crippen molar-refractivity contribution in [1.82, 2.24) is 15.0 Å². The summed E-state index contributed by atoms with van der Waals surface area (Å²) >= 11 is 0. The van der Waals surface area contributed by atoms with E-state index in [0.29, 0.717) is 28.8 Å². The molecule has 4 heteroatoms. The third kappa shape index (κ3) is 3.14. The first-order chi connectivity index (χ1) is 12.7. The van der Waals surface area contributed by atoms with Gasteiger partial charge in [0, 0.05) is 17.0 Å². The van der Waals surface area contributed by atoms with Gasteiger partial charge in [-0.05, 0) is 6.42 Å². The number of aromatic nitrogens is 3. The Bertz CT molecular complexity index is 921. The number of nitrogens with zero attached hydrogens (tertiary/aromatic N) is 3. The van der Waals surface area contributed by atoms with Gasteiger partial charge >= 0.3 is 0 Å². The number of allylic oxidation sites excluding steroid dienone is 4. The Kier molecular flexibility index (Phi) is 4.32. The fraction of sp³-hybridized carbons (Fsp3) is 0.136. The highest BCUT2D eigenvalue weighted by Crippen LogP contribution is 2.30. The number of hydrogen-bond acceptors (Lipinski definition) is 4. The van der Waals surface area contributed by atoms with E-state index in [1.807, 2.05) is 79.7 Å². The number of aliphatic hydroxyl groups excluding tert-OH is 1. The van der Waals surface area contributed by atoms with Crippen molar-refractivity contribution in [3.63, 3.8) is 0 Å². The van der Waals surface area contributed by atoms with E-state index in [1.54, 1.807) is 0 Å². The number of benzene rings is 2. The minimum Gasteiger partial charge on any atom is -0.511 e. The molecule has 1 aliphatic rings. The van der Waals surface area contributed by atoms with Gasteiger partial charge in [0.25, 0.3) is 0 Å². The molecule has 1 N–H and O–H groups in total. The summed E-state index contributed by atoms with van der Waals surface area (Å²) in [6.07, 6.45) is 4.76. The second kappa shape index (κ2) is 6.92. The molecule has 3 aromatic rings. The molecule has 128 valence electrons. The lowest BCUT2D eigenvalue weighted by Gasteiger charge is -2.17. The summed E-state index contributed by atoms with van der Waals surface area (Å²) in [5, 5.41) is 10.5. The first-order valence-electron chi connectivity index (χ1n) is 8.69. The van der Waals surface area contributed by atoms with Crippen molar-refractivity contribution in [1.29, 1.82) is 0 Å². The smallest absolute Gasteiger partial charge is 0.167 e. The van der Waals surface area contributed by atoms with Gasteiger partial charge in [-0.25, -0.2) is 15.0 Å². The Labute approximate surface area is 152 Å². The molecule has 1 aliphatic carbocycles. The molecule has 0 amide bonds. The van der Waals surface area contributed by atoms with Crippen LogP contribution in [0.1, 0.15) is 19.2 Å². The first-order valence-corrected chi connectivity index (χ1v) is 8.69. The second-order valence-corrected chi connectivity index (χ2v) is 6.38. The van der Waals surface area contributed by atoms with Gasteiger partial charge < -0.3 is 5.11 Å². The van der Waals surface area contributed by atoms with Crippen LogP contribution >= 0.6 is 0 Å². The summed E-state index contributed by atoms with van der Waals surface area (Å²) in [7, 11) is 0. The standard InChI is InChI=1S/C22H19N3O/c1-15-9-8-14-18(19(15)26)22-24-20(16-10-4-2-5-11-16)23-21(25-22)17-12-6-3-7-13-17/h2-8,10-15,26H,9H2,1H3. The van der Waals surface area contributed by atoms with E-state index in [-0.39, 0.29) is 5.92 Å². The first kappa shape index (κ1) is 16.2. The summed E-state index contributed by atoms with van der Waals surface area (Å²) in [5.41, 5.74) is 2.50. The minimum atomic E-state index is 0.0621. The van der Waals surface area contributed by atoms with E-state index in [0.717, 1.165) is 17.5 Å². The molecule has 1 atom stereocenters. The summed E-state index contributed by atoms with van der Waals surface area (Å²) in [5.74, 6) is 2.09. The molecular weight excluding hydrogens is 322 g/mol. The summed E-state index contributed by atoms with van der Waals surface area (Å²) in [6, 6.07) is 19.7. The zero-order chi connectivity index (χ0) is 17.9. The Hall–Kier alpha value is -3.27. The average molecular weight is 341 g/mol. The molecule has 0 radical (unpaired) electrons. The monoisotopic (exact) mass is 341 g/mol. The molecule has 1 heterocycles. The van der Waals surface area contributed by atoms with Crippen LogP contribution in [-0.2, 0) is 0 Å². The van der Waals surface area contributed by atoms with Gasteiger partial charge in [0.15, 0.2) is 17.5 Å². The highest BCUT2D eigenvalue weighted by molar-refractivity contribution is 5.75. The van der Waals surface area contributed by atoms with E-state index in [1.165, 1.54) is 0 Å². The Balaban J connectivity index is 1.92. The van der Waals surface area contributed by atoms with Crippen molar-refractivity contribution < 1.29 is 5.11 Å². The van der Waals surface area contributed by atoms with E-state index in [4.69, 9.17) is 0 Å². The predicted octanol–water partition coefficient (Wildman–Crippen LogP) is 5.07. The average Bonchev–Trinajstić information content (AvgIpc) is 2.71. The van der Waals surface area contributed by atoms with E-state index in [2.05, 4.69) is 15.0 Å². The number of aliphatic hydroxyl groups is 1. The van der Waals surface area contributed by atoms with E-state index >= 15 is 0 Å². The topological polar surface area (TPSA) is 58.9 Å². The van der Waals surface area contributed by atoms with Crippen molar-refractivity contribution >= 4 is 5.57 Å². The fourth-order valence-electron chi connectivity index (χ4n) is 2.97. The van der Waals surface area contributed by atoms with Crippen molar-refractivity contribution in [2.75, 3.05) is 0 Å². The molecule has 4 rings (SSSR count).